The number of rotatable bonds is 6. The van der Waals surface area contributed by atoms with Crippen LogP contribution < -0.4 is 0 Å². The predicted molar refractivity (Wildman–Crippen MR) is 103 cm³/mol. The summed E-state index contributed by atoms with van der Waals surface area (Å²) in [7, 11) is 0. The van der Waals surface area contributed by atoms with Crippen LogP contribution in [0.1, 0.15) is 20.7 Å². The fourth-order valence-corrected chi connectivity index (χ4v) is 2.80. The summed E-state index contributed by atoms with van der Waals surface area (Å²) in [6.45, 7) is 2.84. The van der Waals surface area contributed by atoms with Crippen molar-refractivity contribution in [3.63, 3.8) is 0 Å². The maximum Gasteiger partial charge on any atom is 0.187 e. The molecule has 28 heavy (non-hydrogen) atoms. The Morgan fingerprint density at radius 3 is 1.29 bits per heavy atom. The summed E-state index contributed by atoms with van der Waals surface area (Å²) < 4.78 is 25.8. The van der Waals surface area contributed by atoms with Crippen LogP contribution in [0.4, 0.5) is 8.78 Å². The van der Waals surface area contributed by atoms with Crippen molar-refractivity contribution in [1.29, 1.82) is 0 Å². The van der Waals surface area contributed by atoms with Crippen LogP contribution in [0.15, 0.2) is 73.1 Å². The van der Waals surface area contributed by atoms with E-state index in [0.717, 1.165) is 0 Å². The summed E-state index contributed by atoms with van der Waals surface area (Å²) in [5, 5.41) is 0. The van der Waals surface area contributed by atoms with Gasteiger partial charge in [-0.3, -0.25) is 9.59 Å². The lowest BCUT2D eigenvalue weighted by atomic mass is 10.1. The predicted octanol–water partition coefficient (Wildman–Crippen LogP) is 3.68. The van der Waals surface area contributed by atoms with Gasteiger partial charge in [0.15, 0.2) is 11.6 Å². The first-order valence-electron chi connectivity index (χ1n) is 8.95. The van der Waals surface area contributed by atoms with Gasteiger partial charge in [-0.2, -0.15) is 0 Å². The van der Waals surface area contributed by atoms with Crippen molar-refractivity contribution in [2.24, 2.45) is 0 Å². The minimum atomic E-state index is -0.373. The number of piperazine rings is 1. The molecule has 0 unspecified atom stereocenters. The van der Waals surface area contributed by atoms with Crippen LogP contribution in [0, 0.1) is 11.6 Å². The highest BCUT2D eigenvalue weighted by molar-refractivity contribution is 6.04. The third kappa shape index (κ3) is 5.36. The molecule has 0 atom stereocenters. The van der Waals surface area contributed by atoms with Crippen molar-refractivity contribution >= 4 is 11.6 Å². The lowest BCUT2D eigenvalue weighted by Gasteiger charge is -2.33. The van der Waals surface area contributed by atoms with Crippen LogP contribution in [-0.2, 0) is 0 Å². The van der Waals surface area contributed by atoms with E-state index in [1.165, 1.54) is 60.7 Å². The fourth-order valence-electron chi connectivity index (χ4n) is 2.80. The molecule has 2 aromatic rings. The topological polar surface area (TPSA) is 40.6 Å². The van der Waals surface area contributed by atoms with E-state index in [9.17, 15) is 18.4 Å². The molecule has 1 aliphatic rings. The number of carbonyl (C=O) groups excluding carboxylic acids is 2. The van der Waals surface area contributed by atoms with Crippen LogP contribution in [0.5, 0.6) is 0 Å². The molecular formula is C22H20F2N2O2. The molecule has 0 aliphatic carbocycles. The summed E-state index contributed by atoms with van der Waals surface area (Å²) >= 11 is 0. The second-order valence-corrected chi connectivity index (χ2v) is 6.45. The lowest BCUT2D eigenvalue weighted by molar-refractivity contribution is 0.103. The van der Waals surface area contributed by atoms with Gasteiger partial charge >= 0.3 is 0 Å². The molecule has 1 heterocycles. The Morgan fingerprint density at radius 2 is 0.964 bits per heavy atom. The third-order valence-electron chi connectivity index (χ3n) is 4.48. The highest BCUT2D eigenvalue weighted by atomic mass is 19.1. The molecule has 1 fully saturated rings. The molecule has 1 saturated heterocycles. The van der Waals surface area contributed by atoms with Crippen molar-refractivity contribution in [2.75, 3.05) is 26.2 Å². The molecule has 0 bridgehead atoms. The smallest absolute Gasteiger partial charge is 0.187 e. The van der Waals surface area contributed by atoms with Crippen LogP contribution in [0.3, 0.4) is 0 Å². The Labute approximate surface area is 162 Å². The molecule has 0 N–H and O–H groups in total. The quantitative estimate of drug-likeness (QED) is 0.565. The molecule has 144 valence electrons. The standard InChI is InChI=1S/C22H20F2N2O2/c23-19-5-1-17(2-6-19)21(27)9-11-25-13-15-26(16-14-25)12-10-22(28)18-3-7-20(24)8-4-18/h1-12H,13-16H2. The zero-order valence-electron chi connectivity index (χ0n) is 15.2. The van der Waals surface area contributed by atoms with Crippen molar-refractivity contribution in [1.82, 2.24) is 9.80 Å². The molecule has 3 rings (SSSR count). The third-order valence-corrected chi connectivity index (χ3v) is 4.48. The van der Waals surface area contributed by atoms with E-state index in [4.69, 9.17) is 0 Å². The normalized spacial score (nSPS) is 14.8. The molecule has 0 spiro atoms. The van der Waals surface area contributed by atoms with Crippen LogP contribution in [0.2, 0.25) is 0 Å². The van der Waals surface area contributed by atoms with Gasteiger partial charge in [0.2, 0.25) is 0 Å². The Kier molecular flexibility index (Phi) is 6.32. The average Bonchev–Trinajstić information content (AvgIpc) is 2.72. The number of hydrogen-bond donors (Lipinski definition) is 0. The summed E-state index contributed by atoms with van der Waals surface area (Å²) in [4.78, 5) is 28.2. The van der Waals surface area contributed by atoms with Crippen LogP contribution in [0.25, 0.3) is 0 Å². The first kappa shape index (κ1) is 19.5. The molecule has 1 aliphatic heterocycles. The summed E-state index contributed by atoms with van der Waals surface area (Å²) in [5.74, 6) is -1.09. The van der Waals surface area contributed by atoms with Gasteiger partial charge in [0.25, 0.3) is 0 Å². The summed E-state index contributed by atoms with van der Waals surface area (Å²) in [5.41, 5.74) is 0.886. The molecule has 0 saturated carbocycles. The van der Waals surface area contributed by atoms with E-state index < -0.39 is 0 Å². The molecular weight excluding hydrogens is 362 g/mol. The van der Waals surface area contributed by atoms with Gasteiger partial charge in [0.1, 0.15) is 11.6 Å². The molecule has 0 amide bonds. The molecule has 0 radical (unpaired) electrons. The van der Waals surface area contributed by atoms with E-state index in [0.29, 0.717) is 37.3 Å². The Bertz CT molecular complexity index is 806. The van der Waals surface area contributed by atoms with E-state index in [2.05, 4.69) is 0 Å². The van der Waals surface area contributed by atoms with Crippen molar-refractivity contribution in [3.05, 3.63) is 95.8 Å². The van der Waals surface area contributed by atoms with Gasteiger partial charge in [0.05, 0.1) is 0 Å². The van der Waals surface area contributed by atoms with E-state index in [1.54, 1.807) is 12.4 Å². The number of benzene rings is 2. The highest BCUT2D eigenvalue weighted by Gasteiger charge is 2.12. The molecule has 2 aromatic carbocycles. The fraction of sp³-hybridized carbons (Fsp3) is 0.182. The second-order valence-electron chi connectivity index (χ2n) is 6.45. The average molecular weight is 382 g/mol. The van der Waals surface area contributed by atoms with Gasteiger partial charge in [-0.15, -0.1) is 0 Å². The Balaban J connectivity index is 1.47. The van der Waals surface area contributed by atoms with Crippen LogP contribution in [-0.4, -0.2) is 47.5 Å². The molecule has 0 aromatic heterocycles. The first-order chi connectivity index (χ1) is 13.5. The second kappa shape index (κ2) is 9.08. The van der Waals surface area contributed by atoms with E-state index >= 15 is 0 Å². The lowest BCUT2D eigenvalue weighted by Crippen LogP contribution is -2.41. The highest BCUT2D eigenvalue weighted by Crippen LogP contribution is 2.08. The van der Waals surface area contributed by atoms with Crippen molar-refractivity contribution in [2.45, 2.75) is 0 Å². The summed E-state index contributed by atoms with van der Waals surface area (Å²) in [6, 6.07) is 10.9. The molecule has 4 nitrogen and oxygen atoms in total. The SMILES string of the molecule is O=C(C=CN1CCN(C=CC(=O)c2ccc(F)cc2)CC1)c1ccc(F)cc1. The van der Waals surface area contributed by atoms with Gasteiger partial charge in [-0.1, -0.05) is 0 Å². The zero-order chi connectivity index (χ0) is 19.9. The Morgan fingerprint density at radius 1 is 0.643 bits per heavy atom. The van der Waals surface area contributed by atoms with Gasteiger partial charge in [-0.25, -0.2) is 8.78 Å². The van der Waals surface area contributed by atoms with Gasteiger partial charge in [-0.05, 0) is 48.5 Å². The van der Waals surface area contributed by atoms with Crippen molar-refractivity contribution < 1.29 is 18.4 Å². The first-order valence-corrected chi connectivity index (χ1v) is 8.95. The van der Waals surface area contributed by atoms with E-state index in [1.807, 2.05) is 9.80 Å². The number of hydrogen-bond acceptors (Lipinski definition) is 4. The number of ketones is 2. The van der Waals surface area contributed by atoms with Gasteiger partial charge < -0.3 is 9.80 Å². The monoisotopic (exact) mass is 382 g/mol. The number of carbonyl (C=O) groups is 2. The number of halogens is 2. The van der Waals surface area contributed by atoms with E-state index in [-0.39, 0.29) is 23.2 Å². The maximum absolute atomic E-state index is 12.9. The minimum absolute atomic E-state index is 0.174. The molecule has 6 heteroatoms. The minimum Gasteiger partial charge on any atom is -0.374 e. The Hall–Kier alpha value is -3.28. The zero-order valence-corrected chi connectivity index (χ0v) is 15.2. The number of nitrogens with zero attached hydrogens (tertiary/aromatic N) is 2. The largest absolute Gasteiger partial charge is 0.374 e. The van der Waals surface area contributed by atoms with Crippen molar-refractivity contribution in [3.8, 4) is 0 Å². The number of allylic oxidation sites excluding steroid dienone is 2. The summed E-state index contributed by atoms with van der Waals surface area (Å²) in [6.07, 6.45) is 6.46. The van der Waals surface area contributed by atoms with Gasteiger partial charge in [0, 0.05) is 61.9 Å². The maximum atomic E-state index is 12.9. The van der Waals surface area contributed by atoms with Crippen LogP contribution >= 0.6 is 0 Å².